The lowest BCUT2D eigenvalue weighted by molar-refractivity contribution is -0.123. The van der Waals surface area contributed by atoms with Crippen LogP contribution in [-0.4, -0.2) is 38.8 Å². The zero-order valence-corrected chi connectivity index (χ0v) is 7.38. The lowest BCUT2D eigenvalue weighted by Crippen LogP contribution is -2.43. The normalized spacial score (nSPS) is 12.6. The molecule has 0 aliphatic heterocycles. The maximum atomic E-state index is 11.1. The summed E-state index contributed by atoms with van der Waals surface area (Å²) >= 11 is 0. The highest BCUT2D eigenvalue weighted by atomic mass is 16.5. The van der Waals surface area contributed by atoms with Gasteiger partial charge in [-0.05, 0) is 13.0 Å². The number of ether oxygens (including phenoxy) is 1. The van der Waals surface area contributed by atoms with Gasteiger partial charge < -0.3 is 21.5 Å². The summed E-state index contributed by atoms with van der Waals surface area (Å²) in [5.41, 5.74) is 10.7. The van der Waals surface area contributed by atoms with Gasteiger partial charge in [-0.25, -0.2) is 0 Å². The second-order valence-electron chi connectivity index (χ2n) is 2.50. The smallest absolute Gasteiger partial charge is 0.239 e. The number of methoxy groups -OCH3 is 1. The van der Waals surface area contributed by atoms with Crippen LogP contribution in [0.5, 0.6) is 0 Å². The van der Waals surface area contributed by atoms with Crippen molar-refractivity contribution in [3.63, 3.8) is 0 Å². The van der Waals surface area contributed by atoms with Crippen LogP contribution in [0.15, 0.2) is 0 Å². The monoisotopic (exact) mass is 175 g/mol. The summed E-state index contributed by atoms with van der Waals surface area (Å²) in [6.07, 6.45) is 0.769. The van der Waals surface area contributed by atoms with Gasteiger partial charge in [0, 0.05) is 13.7 Å². The van der Waals surface area contributed by atoms with Gasteiger partial charge in [0.2, 0.25) is 5.91 Å². The van der Waals surface area contributed by atoms with E-state index in [4.69, 9.17) is 16.2 Å². The van der Waals surface area contributed by atoms with E-state index < -0.39 is 6.04 Å². The summed E-state index contributed by atoms with van der Waals surface area (Å²) in [6, 6.07) is -0.576. The maximum absolute atomic E-state index is 11.1. The van der Waals surface area contributed by atoms with Gasteiger partial charge in [-0.3, -0.25) is 4.79 Å². The summed E-state index contributed by atoms with van der Waals surface area (Å²) in [4.78, 5) is 11.1. The summed E-state index contributed by atoms with van der Waals surface area (Å²) in [5.74, 6) is -0.190. The Bertz CT molecular complexity index is 130. The number of rotatable bonds is 6. The van der Waals surface area contributed by atoms with E-state index in [9.17, 15) is 4.79 Å². The average molecular weight is 175 g/mol. The predicted molar refractivity (Wildman–Crippen MR) is 46.5 cm³/mol. The first-order valence-corrected chi connectivity index (χ1v) is 3.94. The first kappa shape index (κ1) is 11.4. The van der Waals surface area contributed by atoms with Crippen LogP contribution in [0.4, 0.5) is 0 Å². The molecule has 0 heterocycles. The van der Waals surface area contributed by atoms with Crippen molar-refractivity contribution in [2.75, 3.05) is 26.8 Å². The van der Waals surface area contributed by atoms with Gasteiger partial charge in [0.05, 0.1) is 6.61 Å². The van der Waals surface area contributed by atoms with E-state index in [2.05, 4.69) is 5.32 Å². The van der Waals surface area contributed by atoms with Crippen LogP contribution in [0.2, 0.25) is 0 Å². The quantitative estimate of drug-likeness (QED) is 0.425. The number of carbonyl (C=O) groups is 1. The molecule has 0 saturated heterocycles. The fourth-order valence-corrected chi connectivity index (χ4v) is 0.700. The summed E-state index contributed by atoms with van der Waals surface area (Å²) in [5, 5.41) is 2.64. The number of carbonyl (C=O) groups excluding carboxylic acids is 1. The molecule has 0 rings (SSSR count). The van der Waals surface area contributed by atoms with Crippen LogP contribution >= 0.6 is 0 Å². The third kappa shape index (κ3) is 5.06. The van der Waals surface area contributed by atoms with Gasteiger partial charge in [0.15, 0.2) is 0 Å². The molecule has 5 nitrogen and oxygen atoms in total. The molecule has 5 N–H and O–H groups in total. The Kier molecular flexibility index (Phi) is 6.64. The third-order valence-corrected chi connectivity index (χ3v) is 1.36. The van der Waals surface area contributed by atoms with Crippen molar-refractivity contribution in [1.82, 2.24) is 5.32 Å². The molecule has 12 heavy (non-hydrogen) atoms. The first-order chi connectivity index (χ1) is 5.72. The SMILES string of the molecule is COCC(N)C(=O)NCCCN. The van der Waals surface area contributed by atoms with Crippen LogP contribution in [-0.2, 0) is 9.53 Å². The van der Waals surface area contributed by atoms with Gasteiger partial charge in [0.1, 0.15) is 6.04 Å². The topological polar surface area (TPSA) is 90.4 Å². The summed E-state index contributed by atoms with van der Waals surface area (Å²) < 4.78 is 4.72. The van der Waals surface area contributed by atoms with Crippen LogP contribution in [0, 0.1) is 0 Å². The molecule has 0 aromatic heterocycles. The van der Waals surface area contributed by atoms with E-state index in [1.807, 2.05) is 0 Å². The highest BCUT2D eigenvalue weighted by molar-refractivity contribution is 5.81. The molecule has 0 bridgehead atoms. The van der Waals surface area contributed by atoms with Crippen LogP contribution in [0.25, 0.3) is 0 Å². The van der Waals surface area contributed by atoms with Crippen molar-refractivity contribution in [3.05, 3.63) is 0 Å². The fraction of sp³-hybridized carbons (Fsp3) is 0.857. The summed E-state index contributed by atoms with van der Waals surface area (Å²) in [6.45, 7) is 1.39. The van der Waals surface area contributed by atoms with Gasteiger partial charge in [-0.1, -0.05) is 0 Å². The van der Waals surface area contributed by atoms with Crippen LogP contribution < -0.4 is 16.8 Å². The summed E-state index contributed by atoms with van der Waals surface area (Å²) in [7, 11) is 1.51. The Labute approximate surface area is 72.4 Å². The lowest BCUT2D eigenvalue weighted by Gasteiger charge is -2.10. The lowest BCUT2D eigenvalue weighted by atomic mass is 10.3. The molecule has 0 aliphatic carbocycles. The number of hydrogen-bond acceptors (Lipinski definition) is 4. The van der Waals surface area contributed by atoms with Crippen LogP contribution in [0.1, 0.15) is 6.42 Å². The minimum absolute atomic E-state index is 0.190. The zero-order chi connectivity index (χ0) is 9.40. The Morgan fingerprint density at radius 3 is 2.83 bits per heavy atom. The molecule has 0 aromatic rings. The second-order valence-corrected chi connectivity index (χ2v) is 2.50. The molecule has 0 radical (unpaired) electrons. The fourth-order valence-electron chi connectivity index (χ4n) is 0.700. The molecule has 0 fully saturated rings. The number of nitrogens with two attached hydrogens (primary N) is 2. The van der Waals surface area contributed by atoms with Gasteiger partial charge >= 0.3 is 0 Å². The van der Waals surface area contributed by atoms with E-state index in [-0.39, 0.29) is 12.5 Å². The minimum atomic E-state index is -0.576. The molecule has 72 valence electrons. The number of hydrogen-bond donors (Lipinski definition) is 3. The predicted octanol–water partition coefficient (Wildman–Crippen LogP) is -1.57. The van der Waals surface area contributed by atoms with E-state index in [1.54, 1.807) is 0 Å². The average Bonchev–Trinajstić information content (AvgIpc) is 2.05. The van der Waals surface area contributed by atoms with Crippen molar-refractivity contribution in [2.24, 2.45) is 11.5 Å². The van der Waals surface area contributed by atoms with E-state index in [1.165, 1.54) is 7.11 Å². The Hall–Kier alpha value is -0.650. The largest absolute Gasteiger partial charge is 0.383 e. The molecule has 0 spiro atoms. The van der Waals surface area contributed by atoms with Gasteiger partial charge in [-0.15, -0.1) is 0 Å². The zero-order valence-electron chi connectivity index (χ0n) is 7.38. The molecular weight excluding hydrogens is 158 g/mol. The Morgan fingerprint density at radius 1 is 1.67 bits per heavy atom. The molecule has 5 heteroatoms. The Morgan fingerprint density at radius 2 is 2.33 bits per heavy atom. The van der Waals surface area contributed by atoms with E-state index in [0.29, 0.717) is 13.1 Å². The highest BCUT2D eigenvalue weighted by Gasteiger charge is 2.11. The van der Waals surface area contributed by atoms with Crippen LogP contribution in [0.3, 0.4) is 0 Å². The number of nitrogens with one attached hydrogen (secondary N) is 1. The van der Waals surface area contributed by atoms with E-state index in [0.717, 1.165) is 6.42 Å². The van der Waals surface area contributed by atoms with Gasteiger partial charge in [-0.2, -0.15) is 0 Å². The first-order valence-electron chi connectivity index (χ1n) is 3.94. The standard InChI is InChI=1S/C7H17N3O2/c1-12-5-6(9)7(11)10-4-2-3-8/h6H,2-5,8-9H2,1H3,(H,10,11). The Balaban J connectivity index is 3.43. The molecule has 1 unspecified atom stereocenters. The molecule has 0 saturated carbocycles. The van der Waals surface area contributed by atoms with Crippen molar-refractivity contribution in [2.45, 2.75) is 12.5 Å². The highest BCUT2D eigenvalue weighted by Crippen LogP contribution is 1.80. The van der Waals surface area contributed by atoms with Crippen molar-refractivity contribution >= 4 is 5.91 Å². The van der Waals surface area contributed by atoms with Crippen molar-refractivity contribution in [3.8, 4) is 0 Å². The molecule has 0 aliphatic rings. The maximum Gasteiger partial charge on any atom is 0.239 e. The number of amides is 1. The molecule has 1 amide bonds. The van der Waals surface area contributed by atoms with Crippen molar-refractivity contribution in [1.29, 1.82) is 0 Å². The third-order valence-electron chi connectivity index (χ3n) is 1.36. The molecular formula is C7H17N3O2. The van der Waals surface area contributed by atoms with E-state index >= 15 is 0 Å². The minimum Gasteiger partial charge on any atom is -0.383 e. The second kappa shape index (κ2) is 7.02. The van der Waals surface area contributed by atoms with Crippen molar-refractivity contribution < 1.29 is 9.53 Å². The molecule has 0 aromatic carbocycles. The molecule has 1 atom stereocenters. The van der Waals surface area contributed by atoms with Gasteiger partial charge in [0.25, 0.3) is 0 Å².